The van der Waals surface area contributed by atoms with E-state index in [4.69, 9.17) is 10.5 Å². The van der Waals surface area contributed by atoms with Crippen molar-refractivity contribution in [1.29, 1.82) is 0 Å². The molecule has 0 radical (unpaired) electrons. The van der Waals surface area contributed by atoms with E-state index >= 15 is 0 Å². The lowest BCUT2D eigenvalue weighted by Crippen LogP contribution is -2.17. The number of phenols is 1. The maximum Gasteiger partial charge on any atom is 0.121 e. The highest BCUT2D eigenvalue weighted by Gasteiger charge is 2.03. The SMILES string of the molecule is COCc1cc(CC(C)N)ccc1O. The summed E-state index contributed by atoms with van der Waals surface area (Å²) in [5, 5.41) is 9.49. The summed E-state index contributed by atoms with van der Waals surface area (Å²) in [6.07, 6.45) is 0.816. The minimum atomic E-state index is 0.134. The van der Waals surface area contributed by atoms with Crippen molar-refractivity contribution in [3.05, 3.63) is 29.3 Å². The van der Waals surface area contributed by atoms with Crippen LogP contribution in [-0.4, -0.2) is 18.3 Å². The number of nitrogens with two attached hydrogens (primary N) is 1. The molecule has 1 atom stereocenters. The van der Waals surface area contributed by atoms with E-state index < -0.39 is 0 Å². The molecular formula is C11H17NO2. The van der Waals surface area contributed by atoms with Gasteiger partial charge in [0, 0.05) is 18.7 Å². The van der Waals surface area contributed by atoms with Crippen LogP contribution in [0.25, 0.3) is 0 Å². The number of benzene rings is 1. The molecular weight excluding hydrogens is 178 g/mol. The average molecular weight is 195 g/mol. The molecule has 0 fully saturated rings. The highest BCUT2D eigenvalue weighted by Crippen LogP contribution is 2.19. The third-order valence-corrected chi connectivity index (χ3v) is 2.00. The Bertz CT molecular complexity index is 297. The first-order chi connectivity index (χ1) is 6.63. The van der Waals surface area contributed by atoms with Crippen molar-refractivity contribution in [2.75, 3.05) is 7.11 Å². The van der Waals surface area contributed by atoms with Crippen LogP contribution in [0.1, 0.15) is 18.1 Å². The fraction of sp³-hybridized carbons (Fsp3) is 0.455. The predicted molar refractivity (Wildman–Crippen MR) is 56.2 cm³/mol. The van der Waals surface area contributed by atoms with Gasteiger partial charge in [-0.2, -0.15) is 0 Å². The van der Waals surface area contributed by atoms with Crippen molar-refractivity contribution in [1.82, 2.24) is 0 Å². The second-order valence-corrected chi connectivity index (χ2v) is 3.58. The van der Waals surface area contributed by atoms with Crippen LogP contribution in [-0.2, 0) is 17.8 Å². The predicted octanol–water partition coefficient (Wildman–Crippen LogP) is 1.43. The van der Waals surface area contributed by atoms with Crippen LogP contribution in [0.2, 0.25) is 0 Å². The van der Waals surface area contributed by atoms with Crippen molar-refractivity contribution < 1.29 is 9.84 Å². The average Bonchev–Trinajstić information content (AvgIpc) is 2.10. The monoisotopic (exact) mass is 195 g/mol. The number of hydrogen-bond donors (Lipinski definition) is 2. The maximum absolute atomic E-state index is 9.49. The molecule has 3 N–H and O–H groups in total. The molecule has 0 saturated carbocycles. The van der Waals surface area contributed by atoms with Crippen molar-refractivity contribution in [2.24, 2.45) is 5.73 Å². The summed E-state index contributed by atoms with van der Waals surface area (Å²) in [5.74, 6) is 0.278. The molecule has 3 heteroatoms. The molecule has 3 nitrogen and oxygen atoms in total. The van der Waals surface area contributed by atoms with E-state index in [1.165, 1.54) is 0 Å². The van der Waals surface area contributed by atoms with E-state index in [-0.39, 0.29) is 11.8 Å². The molecule has 0 aliphatic rings. The zero-order valence-corrected chi connectivity index (χ0v) is 8.66. The van der Waals surface area contributed by atoms with Crippen LogP contribution in [0.5, 0.6) is 5.75 Å². The van der Waals surface area contributed by atoms with Gasteiger partial charge in [0.05, 0.1) is 6.61 Å². The summed E-state index contributed by atoms with van der Waals surface area (Å²) in [6.45, 7) is 2.39. The van der Waals surface area contributed by atoms with Gasteiger partial charge in [0.2, 0.25) is 0 Å². The minimum absolute atomic E-state index is 0.134. The van der Waals surface area contributed by atoms with Gasteiger partial charge in [-0.25, -0.2) is 0 Å². The molecule has 0 aromatic heterocycles. The quantitative estimate of drug-likeness (QED) is 0.764. The summed E-state index contributed by atoms with van der Waals surface area (Å²) in [5.41, 5.74) is 7.63. The Kier molecular flexibility index (Phi) is 3.92. The Hall–Kier alpha value is -1.06. The van der Waals surface area contributed by atoms with Crippen LogP contribution in [0.4, 0.5) is 0 Å². The number of hydrogen-bond acceptors (Lipinski definition) is 3. The fourth-order valence-corrected chi connectivity index (χ4v) is 1.41. The lowest BCUT2D eigenvalue weighted by molar-refractivity contribution is 0.182. The fourth-order valence-electron chi connectivity index (χ4n) is 1.41. The molecule has 14 heavy (non-hydrogen) atoms. The van der Waals surface area contributed by atoms with E-state index in [0.29, 0.717) is 6.61 Å². The molecule has 0 amide bonds. The Morgan fingerprint density at radius 1 is 1.50 bits per heavy atom. The molecule has 0 saturated heterocycles. The molecule has 0 aliphatic heterocycles. The molecule has 1 rings (SSSR count). The smallest absolute Gasteiger partial charge is 0.121 e. The number of rotatable bonds is 4. The highest BCUT2D eigenvalue weighted by molar-refractivity contribution is 5.36. The molecule has 0 aliphatic carbocycles. The molecule has 0 heterocycles. The first kappa shape index (κ1) is 11.0. The molecule has 1 aromatic carbocycles. The van der Waals surface area contributed by atoms with Gasteiger partial charge in [-0.15, -0.1) is 0 Å². The van der Waals surface area contributed by atoms with Crippen LogP contribution >= 0.6 is 0 Å². The summed E-state index contributed by atoms with van der Waals surface area (Å²) < 4.78 is 4.98. The van der Waals surface area contributed by atoms with E-state index in [2.05, 4.69) is 0 Å². The van der Waals surface area contributed by atoms with Gasteiger partial charge in [-0.3, -0.25) is 0 Å². The Morgan fingerprint density at radius 3 is 2.79 bits per heavy atom. The van der Waals surface area contributed by atoms with Gasteiger partial charge in [-0.05, 0) is 31.0 Å². The van der Waals surface area contributed by atoms with Crippen LogP contribution in [0, 0.1) is 0 Å². The standard InChI is InChI=1S/C11H17NO2/c1-8(12)5-9-3-4-11(13)10(6-9)7-14-2/h3-4,6,8,13H,5,7,12H2,1-2H3. The van der Waals surface area contributed by atoms with Gasteiger partial charge in [0.25, 0.3) is 0 Å². The Labute approximate surface area is 84.5 Å². The highest BCUT2D eigenvalue weighted by atomic mass is 16.5. The Balaban J connectivity index is 2.83. The van der Waals surface area contributed by atoms with E-state index in [1.54, 1.807) is 13.2 Å². The van der Waals surface area contributed by atoms with E-state index in [1.807, 2.05) is 19.1 Å². The lowest BCUT2D eigenvalue weighted by Gasteiger charge is -2.08. The van der Waals surface area contributed by atoms with Gasteiger partial charge in [0.1, 0.15) is 5.75 Å². The zero-order chi connectivity index (χ0) is 10.6. The van der Waals surface area contributed by atoms with Gasteiger partial charge >= 0.3 is 0 Å². The number of ether oxygens (including phenoxy) is 1. The van der Waals surface area contributed by atoms with Crippen molar-refractivity contribution in [3.8, 4) is 5.75 Å². The topological polar surface area (TPSA) is 55.5 Å². The number of phenolic OH excluding ortho intramolecular Hbond substituents is 1. The third kappa shape index (κ3) is 3.01. The van der Waals surface area contributed by atoms with Gasteiger partial charge in [-0.1, -0.05) is 6.07 Å². The molecule has 1 unspecified atom stereocenters. The maximum atomic E-state index is 9.49. The normalized spacial score (nSPS) is 12.8. The van der Waals surface area contributed by atoms with Crippen LogP contribution in [0.3, 0.4) is 0 Å². The zero-order valence-electron chi connectivity index (χ0n) is 8.66. The Morgan fingerprint density at radius 2 is 2.21 bits per heavy atom. The van der Waals surface area contributed by atoms with Crippen molar-refractivity contribution in [2.45, 2.75) is 26.0 Å². The number of methoxy groups -OCH3 is 1. The van der Waals surface area contributed by atoms with E-state index in [0.717, 1.165) is 17.5 Å². The molecule has 0 bridgehead atoms. The van der Waals surface area contributed by atoms with E-state index in [9.17, 15) is 5.11 Å². The second-order valence-electron chi connectivity index (χ2n) is 3.58. The van der Waals surface area contributed by atoms with Crippen molar-refractivity contribution in [3.63, 3.8) is 0 Å². The lowest BCUT2D eigenvalue weighted by atomic mass is 10.0. The summed E-state index contributed by atoms with van der Waals surface area (Å²) in [4.78, 5) is 0. The van der Waals surface area contributed by atoms with Crippen LogP contribution in [0.15, 0.2) is 18.2 Å². The minimum Gasteiger partial charge on any atom is -0.508 e. The summed E-state index contributed by atoms with van der Waals surface area (Å²) in [6, 6.07) is 5.64. The second kappa shape index (κ2) is 4.98. The van der Waals surface area contributed by atoms with Gasteiger partial charge in [0.15, 0.2) is 0 Å². The largest absolute Gasteiger partial charge is 0.508 e. The van der Waals surface area contributed by atoms with Crippen molar-refractivity contribution >= 4 is 0 Å². The first-order valence-corrected chi connectivity index (χ1v) is 4.68. The molecule has 78 valence electrons. The molecule has 0 spiro atoms. The summed E-state index contributed by atoms with van der Waals surface area (Å²) in [7, 11) is 1.61. The third-order valence-electron chi connectivity index (χ3n) is 2.00. The summed E-state index contributed by atoms with van der Waals surface area (Å²) >= 11 is 0. The number of aromatic hydroxyl groups is 1. The first-order valence-electron chi connectivity index (χ1n) is 4.68. The molecule has 1 aromatic rings. The van der Waals surface area contributed by atoms with Crippen LogP contribution < -0.4 is 5.73 Å². The van der Waals surface area contributed by atoms with Gasteiger partial charge < -0.3 is 15.6 Å².